The molecule has 1 saturated heterocycles. The lowest BCUT2D eigenvalue weighted by Gasteiger charge is -2.33. The number of anilines is 2. The molecule has 5 aromatic rings. The van der Waals surface area contributed by atoms with E-state index in [4.69, 9.17) is 19.2 Å². The van der Waals surface area contributed by atoms with E-state index >= 15 is 0 Å². The summed E-state index contributed by atoms with van der Waals surface area (Å²) in [6.07, 6.45) is 4.52. The molecule has 3 aromatic heterocycles. The number of fused-ring (bicyclic) bond motifs is 2. The van der Waals surface area contributed by atoms with Crippen LogP contribution in [0.25, 0.3) is 22.1 Å². The number of likely N-dealkylation sites (tertiary alicyclic amines) is 1. The smallest absolute Gasteiger partial charge is 0.410 e. The van der Waals surface area contributed by atoms with E-state index in [1.54, 1.807) is 18.3 Å². The van der Waals surface area contributed by atoms with Gasteiger partial charge in [-0.3, -0.25) is 0 Å². The molecule has 1 fully saturated rings. The Bertz CT molecular complexity index is 1840. The van der Waals surface area contributed by atoms with Gasteiger partial charge in [0.1, 0.15) is 34.7 Å². The number of piperidine rings is 1. The number of imidazole rings is 1. The summed E-state index contributed by atoms with van der Waals surface area (Å²) in [5.41, 5.74) is 5.38. The van der Waals surface area contributed by atoms with E-state index in [9.17, 15) is 4.79 Å². The second-order valence-corrected chi connectivity index (χ2v) is 12.1. The van der Waals surface area contributed by atoms with Crippen molar-refractivity contribution >= 4 is 39.7 Å². The fourth-order valence-electron chi connectivity index (χ4n) is 5.48. The molecule has 11 nitrogen and oxygen atoms in total. The number of rotatable bonds is 6. The van der Waals surface area contributed by atoms with Crippen LogP contribution in [0.5, 0.6) is 17.2 Å². The Kier molecular flexibility index (Phi) is 7.71. The van der Waals surface area contributed by atoms with E-state index in [-0.39, 0.29) is 12.0 Å². The molecule has 0 radical (unpaired) electrons. The number of nitrogens with one attached hydrogen (secondary N) is 1. The van der Waals surface area contributed by atoms with Gasteiger partial charge in [0, 0.05) is 43.9 Å². The molecule has 2 aromatic carbocycles. The number of aromatic nitrogens is 5. The minimum atomic E-state index is -0.527. The number of nitrogens with zero attached hydrogens (tertiary/aromatic N) is 6. The summed E-state index contributed by atoms with van der Waals surface area (Å²) in [5.74, 6) is 2.87. The maximum absolute atomic E-state index is 12.6. The number of aryl methyl sites for hydroxylation is 2. The van der Waals surface area contributed by atoms with Crippen LogP contribution in [0.1, 0.15) is 50.8 Å². The molecule has 11 heteroatoms. The molecule has 0 saturated carbocycles. The van der Waals surface area contributed by atoms with E-state index < -0.39 is 5.60 Å². The number of methoxy groups -OCH3 is 1. The largest absolute Gasteiger partial charge is 0.495 e. The molecule has 1 aliphatic heterocycles. The van der Waals surface area contributed by atoms with Crippen molar-refractivity contribution in [3.8, 4) is 17.2 Å². The number of hydrogen-bond acceptors (Lipinski definition) is 9. The molecule has 4 heterocycles. The second kappa shape index (κ2) is 11.6. The zero-order chi connectivity index (χ0) is 31.0. The maximum atomic E-state index is 12.6. The summed E-state index contributed by atoms with van der Waals surface area (Å²) in [7, 11) is 3.61. The van der Waals surface area contributed by atoms with Crippen LogP contribution in [0.4, 0.5) is 16.3 Å². The van der Waals surface area contributed by atoms with Gasteiger partial charge in [0.2, 0.25) is 0 Å². The molecular formula is C33H37N7O4. The molecule has 0 spiro atoms. The monoisotopic (exact) mass is 595 g/mol. The van der Waals surface area contributed by atoms with Crippen molar-refractivity contribution in [1.29, 1.82) is 0 Å². The number of hydrogen-bond donors (Lipinski definition) is 1. The first kappa shape index (κ1) is 29.2. The first-order valence-electron chi connectivity index (χ1n) is 14.7. The summed E-state index contributed by atoms with van der Waals surface area (Å²) >= 11 is 0. The Morgan fingerprint density at radius 3 is 2.50 bits per heavy atom. The van der Waals surface area contributed by atoms with Gasteiger partial charge in [-0.2, -0.15) is 0 Å². The van der Waals surface area contributed by atoms with Gasteiger partial charge in [-0.15, -0.1) is 0 Å². The van der Waals surface area contributed by atoms with Crippen LogP contribution in [-0.2, 0) is 11.8 Å². The van der Waals surface area contributed by atoms with E-state index in [0.717, 1.165) is 52.3 Å². The molecule has 6 rings (SSSR count). The van der Waals surface area contributed by atoms with Crippen LogP contribution in [0.2, 0.25) is 0 Å². The standard InChI is InChI=1S/C33H37N7O4/c1-20-15-22(7-10-27(20)43-23-8-9-26-24(16-23)36-19-39(26)5)37-31-30-25(34-18-35-31)17-28(42-6)29(38-30)21-11-13-40(14-12-21)32(41)44-33(2,3)4/h7-10,15-19,21H,11-14H2,1-6H3,(H,34,35,37). The third-order valence-electron chi connectivity index (χ3n) is 7.72. The molecule has 0 bridgehead atoms. The van der Waals surface area contributed by atoms with Gasteiger partial charge in [0.15, 0.2) is 5.82 Å². The molecule has 0 aliphatic carbocycles. The van der Waals surface area contributed by atoms with Gasteiger partial charge in [-0.05, 0) is 76.4 Å². The van der Waals surface area contributed by atoms with Crippen LogP contribution in [0.3, 0.4) is 0 Å². The van der Waals surface area contributed by atoms with E-state index in [1.165, 1.54) is 6.33 Å². The molecule has 1 N–H and O–H groups in total. The van der Waals surface area contributed by atoms with Crippen molar-refractivity contribution in [3.63, 3.8) is 0 Å². The van der Waals surface area contributed by atoms with Gasteiger partial charge < -0.3 is 29.0 Å². The number of amides is 1. The van der Waals surface area contributed by atoms with Gasteiger partial charge in [-0.25, -0.2) is 24.7 Å². The van der Waals surface area contributed by atoms with Crippen molar-refractivity contribution < 1.29 is 19.0 Å². The van der Waals surface area contributed by atoms with Gasteiger partial charge in [-0.1, -0.05) is 0 Å². The Morgan fingerprint density at radius 1 is 0.977 bits per heavy atom. The average molecular weight is 596 g/mol. The quantitative estimate of drug-likeness (QED) is 0.224. The van der Waals surface area contributed by atoms with Gasteiger partial charge in [0.05, 0.1) is 35.7 Å². The normalized spacial score (nSPS) is 14.2. The number of benzene rings is 2. The highest BCUT2D eigenvalue weighted by molar-refractivity contribution is 5.88. The predicted molar refractivity (Wildman–Crippen MR) is 169 cm³/mol. The molecule has 0 atom stereocenters. The average Bonchev–Trinajstić information content (AvgIpc) is 3.37. The Hall–Kier alpha value is -4.93. The Balaban J connectivity index is 1.21. The summed E-state index contributed by atoms with van der Waals surface area (Å²) < 4.78 is 19.5. The number of pyridine rings is 1. The Labute approximate surface area is 256 Å². The lowest BCUT2D eigenvalue weighted by Crippen LogP contribution is -2.41. The minimum Gasteiger partial charge on any atom is -0.495 e. The highest BCUT2D eigenvalue weighted by Crippen LogP contribution is 2.37. The van der Waals surface area contributed by atoms with Crippen molar-refractivity contribution in [2.75, 3.05) is 25.5 Å². The highest BCUT2D eigenvalue weighted by Gasteiger charge is 2.30. The minimum absolute atomic E-state index is 0.116. The van der Waals surface area contributed by atoms with Crippen molar-refractivity contribution in [3.05, 3.63) is 66.4 Å². The molecule has 0 unspecified atom stereocenters. The van der Waals surface area contributed by atoms with E-state index in [2.05, 4.69) is 20.3 Å². The fraction of sp³-hybridized carbons (Fsp3) is 0.364. The van der Waals surface area contributed by atoms with Crippen LogP contribution in [0, 0.1) is 6.92 Å². The highest BCUT2D eigenvalue weighted by atomic mass is 16.6. The van der Waals surface area contributed by atoms with Crippen LogP contribution in [-0.4, -0.2) is 61.3 Å². The SMILES string of the molecule is COc1cc2ncnc(Nc3ccc(Oc4ccc5c(c4)ncn5C)c(C)c3)c2nc1C1CCN(C(=O)OC(C)(C)C)CC1. The predicted octanol–water partition coefficient (Wildman–Crippen LogP) is 6.88. The maximum Gasteiger partial charge on any atom is 0.410 e. The second-order valence-electron chi connectivity index (χ2n) is 12.1. The molecule has 1 aliphatic rings. The van der Waals surface area contributed by atoms with E-state index in [0.29, 0.717) is 35.7 Å². The van der Waals surface area contributed by atoms with Gasteiger partial charge >= 0.3 is 6.09 Å². The third-order valence-corrected chi connectivity index (χ3v) is 7.72. The molecular weight excluding hydrogens is 558 g/mol. The van der Waals surface area contributed by atoms with Gasteiger partial charge in [0.25, 0.3) is 0 Å². The van der Waals surface area contributed by atoms with Crippen LogP contribution >= 0.6 is 0 Å². The van der Waals surface area contributed by atoms with Crippen molar-refractivity contribution in [2.24, 2.45) is 7.05 Å². The zero-order valence-electron chi connectivity index (χ0n) is 25.9. The molecule has 228 valence electrons. The van der Waals surface area contributed by atoms with E-state index in [1.807, 2.05) is 81.8 Å². The first-order chi connectivity index (χ1) is 21.1. The molecule has 44 heavy (non-hydrogen) atoms. The molecule has 1 amide bonds. The fourth-order valence-corrected chi connectivity index (χ4v) is 5.48. The lowest BCUT2D eigenvalue weighted by molar-refractivity contribution is 0.0203. The summed E-state index contributed by atoms with van der Waals surface area (Å²) in [5, 5.41) is 3.42. The van der Waals surface area contributed by atoms with Crippen LogP contribution < -0.4 is 14.8 Å². The summed E-state index contributed by atoms with van der Waals surface area (Å²) in [6, 6.07) is 13.7. The lowest BCUT2D eigenvalue weighted by atomic mass is 9.92. The van der Waals surface area contributed by atoms with Crippen molar-refractivity contribution in [1.82, 2.24) is 29.4 Å². The third kappa shape index (κ3) is 6.08. The van der Waals surface area contributed by atoms with Crippen molar-refractivity contribution in [2.45, 2.75) is 52.1 Å². The van der Waals surface area contributed by atoms with Crippen LogP contribution in [0.15, 0.2) is 55.1 Å². The number of carbonyl (C=O) groups is 1. The first-order valence-corrected chi connectivity index (χ1v) is 14.7. The summed E-state index contributed by atoms with van der Waals surface area (Å²) in [4.78, 5) is 32.8. The number of carbonyl (C=O) groups excluding carboxylic acids is 1. The zero-order valence-corrected chi connectivity index (χ0v) is 25.9. The topological polar surface area (TPSA) is 117 Å². The Morgan fingerprint density at radius 2 is 1.77 bits per heavy atom. The number of ether oxygens (including phenoxy) is 3. The summed E-state index contributed by atoms with van der Waals surface area (Å²) in [6.45, 7) is 8.81.